The summed E-state index contributed by atoms with van der Waals surface area (Å²) in [5.41, 5.74) is 0.0233. The van der Waals surface area contributed by atoms with E-state index in [1.54, 1.807) is 26.8 Å². The number of nitrogens with zero attached hydrogens (tertiary/aromatic N) is 1. The molecule has 0 aromatic heterocycles. The minimum Gasteiger partial charge on any atom is -0.444 e. The molecule has 1 heterocycles. The van der Waals surface area contributed by atoms with Gasteiger partial charge in [0.05, 0.1) is 0 Å². The molecule has 1 unspecified atom stereocenters. The molecule has 0 saturated carbocycles. The Kier molecular flexibility index (Phi) is 7.74. The SMILES string of the molecule is CCOC1C=CC(=O)[C@@H]([C@H](OCOC)c2ccccc2)N1C(=O)OC(C)(C)C. The van der Waals surface area contributed by atoms with Crippen molar-refractivity contribution in [2.24, 2.45) is 0 Å². The summed E-state index contributed by atoms with van der Waals surface area (Å²) in [6.07, 6.45) is 0.868. The van der Waals surface area contributed by atoms with Gasteiger partial charge in [-0.05, 0) is 45.4 Å². The number of hydrogen-bond donors (Lipinski definition) is 0. The van der Waals surface area contributed by atoms with Gasteiger partial charge in [-0.3, -0.25) is 9.69 Å². The van der Waals surface area contributed by atoms with Crippen LogP contribution in [0.3, 0.4) is 0 Å². The van der Waals surface area contributed by atoms with Crippen molar-refractivity contribution in [3.8, 4) is 0 Å². The fraction of sp³-hybridized carbons (Fsp3) is 0.524. The van der Waals surface area contributed by atoms with Crippen molar-refractivity contribution >= 4 is 11.9 Å². The van der Waals surface area contributed by atoms with Crippen molar-refractivity contribution in [1.82, 2.24) is 4.90 Å². The van der Waals surface area contributed by atoms with Crippen molar-refractivity contribution in [2.45, 2.75) is 51.7 Å². The number of carbonyl (C=O) groups is 2. The molecule has 1 aromatic carbocycles. The zero-order chi connectivity index (χ0) is 20.7. The quantitative estimate of drug-likeness (QED) is 0.663. The molecular weight excluding hydrogens is 362 g/mol. The first kappa shape index (κ1) is 22.1. The first-order valence-corrected chi connectivity index (χ1v) is 9.29. The third-order valence-corrected chi connectivity index (χ3v) is 4.01. The lowest BCUT2D eigenvalue weighted by molar-refractivity contribution is -0.149. The second-order valence-electron chi connectivity index (χ2n) is 7.34. The van der Waals surface area contributed by atoms with Crippen LogP contribution in [0.15, 0.2) is 42.5 Å². The molecule has 28 heavy (non-hydrogen) atoms. The Morgan fingerprint density at radius 3 is 2.46 bits per heavy atom. The highest BCUT2D eigenvalue weighted by Crippen LogP contribution is 2.31. The summed E-state index contributed by atoms with van der Waals surface area (Å²) in [5, 5.41) is 0. The highest BCUT2D eigenvalue weighted by atomic mass is 16.7. The Morgan fingerprint density at radius 2 is 1.89 bits per heavy atom. The van der Waals surface area contributed by atoms with Crippen molar-refractivity contribution < 1.29 is 28.5 Å². The van der Waals surface area contributed by atoms with Crippen LogP contribution >= 0.6 is 0 Å². The van der Waals surface area contributed by atoms with Gasteiger partial charge in [0.2, 0.25) is 0 Å². The van der Waals surface area contributed by atoms with E-state index in [9.17, 15) is 9.59 Å². The molecule has 1 aliphatic rings. The van der Waals surface area contributed by atoms with Crippen molar-refractivity contribution in [2.75, 3.05) is 20.5 Å². The number of carbonyl (C=O) groups excluding carboxylic acids is 2. The van der Waals surface area contributed by atoms with E-state index in [0.29, 0.717) is 6.61 Å². The van der Waals surface area contributed by atoms with E-state index in [0.717, 1.165) is 5.56 Å². The fourth-order valence-electron chi connectivity index (χ4n) is 2.95. The molecule has 0 radical (unpaired) electrons. The first-order valence-electron chi connectivity index (χ1n) is 9.29. The summed E-state index contributed by atoms with van der Waals surface area (Å²) in [5.74, 6) is -0.272. The largest absolute Gasteiger partial charge is 0.444 e. The normalized spacial score (nSPS) is 20.9. The average Bonchev–Trinajstić information content (AvgIpc) is 2.63. The standard InChI is InChI=1S/C21H29NO6/c1-6-26-17-13-12-16(23)18(22(17)20(24)28-21(2,3)4)19(27-14-25-5)15-10-8-7-9-11-15/h7-13,17-19H,6,14H2,1-5H3/t17?,18-,19+/m0/s1. The Hall–Kier alpha value is -2.22. The highest BCUT2D eigenvalue weighted by molar-refractivity contribution is 5.98. The first-order chi connectivity index (χ1) is 13.3. The molecule has 0 N–H and O–H groups in total. The van der Waals surface area contributed by atoms with Crippen LogP contribution in [-0.4, -0.2) is 55.2 Å². The van der Waals surface area contributed by atoms with E-state index < -0.39 is 30.1 Å². The van der Waals surface area contributed by atoms with Crippen LogP contribution in [0.2, 0.25) is 0 Å². The van der Waals surface area contributed by atoms with Gasteiger partial charge in [-0.15, -0.1) is 0 Å². The lowest BCUT2D eigenvalue weighted by Gasteiger charge is -2.41. The van der Waals surface area contributed by atoms with Crippen LogP contribution in [0.4, 0.5) is 4.79 Å². The van der Waals surface area contributed by atoms with Gasteiger partial charge in [-0.2, -0.15) is 0 Å². The van der Waals surface area contributed by atoms with Gasteiger partial charge in [-0.1, -0.05) is 30.3 Å². The zero-order valence-electron chi connectivity index (χ0n) is 17.1. The van der Waals surface area contributed by atoms with E-state index in [1.807, 2.05) is 37.3 Å². The summed E-state index contributed by atoms with van der Waals surface area (Å²) in [6, 6.07) is 8.30. The van der Waals surface area contributed by atoms with Crippen molar-refractivity contribution in [3.63, 3.8) is 0 Å². The van der Waals surface area contributed by atoms with E-state index in [1.165, 1.54) is 18.1 Å². The second-order valence-corrected chi connectivity index (χ2v) is 7.34. The summed E-state index contributed by atoms with van der Waals surface area (Å²) in [7, 11) is 1.50. The molecule has 0 aliphatic carbocycles. The van der Waals surface area contributed by atoms with Crippen molar-refractivity contribution in [3.05, 3.63) is 48.0 Å². The lowest BCUT2D eigenvalue weighted by atomic mass is 9.94. The predicted octanol–water partition coefficient (Wildman–Crippen LogP) is 3.46. The van der Waals surface area contributed by atoms with Gasteiger partial charge in [0.25, 0.3) is 0 Å². The van der Waals surface area contributed by atoms with Gasteiger partial charge in [0.15, 0.2) is 12.0 Å². The summed E-state index contributed by atoms with van der Waals surface area (Å²) < 4.78 is 22.2. The number of hydrogen-bond acceptors (Lipinski definition) is 6. The number of ether oxygens (including phenoxy) is 4. The molecule has 7 nitrogen and oxygen atoms in total. The maximum absolute atomic E-state index is 13.0. The van der Waals surface area contributed by atoms with Crippen LogP contribution in [0, 0.1) is 0 Å². The number of rotatable bonds is 7. The number of methoxy groups -OCH3 is 1. The molecule has 1 amide bonds. The monoisotopic (exact) mass is 391 g/mol. The Labute approximate surface area is 166 Å². The molecule has 2 rings (SSSR count). The predicted molar refractivity (Wildman–Crippen MR) is 104 cm³/mol. The topological polar surface area (TPSA) is 74.3 Å². The Morgan fingerprint density at radius 1 is 1.21 bits per heavy atom. The van der Waals surface area contributed by atoms with Gasteiger partial charge in [-0.25, -0.2) is 4.79 Å². The molecule has 0 spiro atoms. The lowest BCUT2D eigenvalue weighted by Crippen LogP contribution is -2.57. The second kappa shape index (κ2) is 9.82. The Balaban J connectivity index is 2.47. The maximum Gasteiger partial charge on any atom is 0.413 e. The van der Waals surface area contributed by atoms with Crippen LogP contribution in [0.5, 0.6) is 0 Å². The molecule has 3 atom stereocenters. The fourth-order valence-corrected chi connectivity index (χ4v) is 2.95. The number of amides is 1. The third-order valence-electron chi connectivity index (χ3n) is 4.01. The Bertz CT molecular complexity index is 682. The molecule has 7 heteroatoms. The van der Waals surface area contributed by atoms with Crippen LogP contribution in [0.1, 0.15) is 39.4 Å². The van der Waals surface area contributed by atoms with E-state index in [2.05, 4.69) is 0 Å². The molecule has 1 aliphatic heterocycles. The van der Waals surface area contributed by atoms with Gasteiger partial charge in [0, 0.05) is 13.7 Å². The summed E-state index contributed by atoms with van der Waals surface area (Å²) in [6.45, 7) is 7.47. The summed E-state index contributed by atoms with van der Waals surface area (Å²) in [4.78, 5) is 27.2. The molecular formula is C21H29NO6. The van der Waals surface area contributed by atoms with E-state index >= 15 is 0 Å². The minimum absolute atomic E-state index is 0.0332. The summed E-state index contributed by atoms with van der Waals surface area (Å²) >= 11 is 0. The highest BCUT2D eigenvalue weighted by Gasteiger charge is 2.44. The maximum atomic E-state index is 13.0. The molecule has 0 fully saturated rings. The molecule has 0 bridgehead atoms. The zero-order valence-corrected chi connectivity index (χ0v) is 17.1. The van der Waals surface area contributed by atoms with Crippen molar-refractivity contribution in [1.29, 1.82) is 0 Å². The third kappa shape index (κ3) is 5.64. The van der Waals surface area contributed by atoms with Crippen LogP contribution in [0.25, 0.3) is 0 Å². The molecule has 1 aromatic rings. The van der Waals surface area contributed by atoms with Crippen LogP contribution < -0.4 is 0 Å². The van der Waals surface area contributed by atoms with E-state index in [-0.39, 0.29) is 12.6 Å². The minimum atomic E-state index is -0.950. The molecule has 154 valence electrons. The van der Waals surface area contributed by atoms with Gasteiger partial charge in [0.1, 0.15) is 24.5 Å². The molecule has 0 saturated heterocycles. The smallest absolute Gasteiger partial charge is 0.413 e. The van der Waals surface area contributed by atoms with E-state index in [4.69, 9.17) is 18.9 Å². The number of benzene rings is 1. The number of ketones is 1. The van der Waals surface area contributed by atoms with Crippen LogP contribution in [-0.2, 0) is 23.7 Å². The van der Waals surface area contributed by atoms with Gasteiger partial charge >= 0.3 is 6.09 Å². The van der Waals surface area contributed by atoms with Gasteiger partial charge < -0.3 is 18.9 Å². The average molecular weight is 391 g/mol.